The van der Waals surface area contributed by atoms with Crippen molar-refractivity contribution in [1.29, 1.82) is 0 Å². The molecule has 1 atom stereocenters. The molecule has 0 bridgehead atoms. The van der Waals surface area contributed by atoms with Crippen molar-refractivity contribution in [2.75, 3.05) is 33.9 Å². The molecule has 0 saturated carbocycles. The molecule has 1 aromatic heterocycles. The molecule has 4 rings (SSSR count). The Kier molecular flexibility index (Phi) is 9.54. The number of ether oxygens (including phenoxy) is 4. The quantitative estimate of drug-likeness (QED) is 0.315. The summed E-state index contributed by atoms with van der Waals surface area (Å²) in [5, 5.41) is 0. The predicted octanol–water partition coefficient (Wildman–Crippen LogP) is 5.74. The van der Waals surface area contributed by atoms with Crippen molar-refractivity contribution in [3.63, 3.8) is 0 Å². The number of nitrogens with zero attached hydrogens (tertiary/aromatic N) is 2. The van der Waals surface area contributed by atoms with Crippen molar-refractivity contribution in [1.82, 2.24) is 14.9 Å². The minimum atomic E-state index is -0.542. The van der Waals surface area contributed by atoms with E-state index in [1.165, 1.54) is 7.11 Å². The second kappa shape index (κ2) is 13.1. The number of rotatable bonds is 9. The van der Waals surface area contributed by atoms with Gasteiger partial charge >= 0.3 is 12.1 Å². The number of nitrogens with two attached hydrogens (primary N) is 1. The maximum Gasteiger partial charge on any atom is 0.410 e. The monoisotopic (exact) mass is 564 g/mol. The standard InChI is InChI=1S/C31H40N4O6/c1-31(2,3)41-30(37)35-17-14-20(15-18-35)23(13-16-32)28-33-26(27(34-28)29(36)39-5)21-11-12-24(25(19-21)38-4)40-22-9-7-6-8-10-22/h6-12,19-20,23H,13-18,32H2,1-5H3,(H,33,34). The van der Waals surface area contributed by atoms with Crippen LogP contribution in [0.5, 0.6) is 17.2 Å². The Hall–Kier alpha value is -4.05. The first-order valence-corrected chi connectivity index (χ1v) is 13.9. The summed E-state index contributed by atoms with van der Waals surface area (Å²) in [6.45, 7) is 7.21. The van der Waals surface area contributed by atoms with Crippen molar-refractivity contribution >= 4 is 12.1 Å². The smallest absolute Gasteiger partial charge is 0.410 e. The summed E-state index contributed by atoms with van der Waals surface area (Å²) in [6.07, 6.45) is 1.92. The number of hydrogen-bond donors (Lipinski definition) is 2. The van der Waals surface area contributed by atoms with Gasteiger partial charge in [-0.1, -0.05) is 18.2 Å². The van der Waals surface area contributed by atoms with Gasteiger partial charge in [0.2, 0.25) is 0 Å². The number of imidazole rings is 1. The maximum absolute atomic E-state index is 12.8. The molecule has 3 aromatic rings. The van der Waals surface area contributed by atoms with E-state index in [1.807, 2.05) is 57.2 Å². The first-order chi connectivity index (χ1) is 19.6. The highest BCUT2D eigenvalue weighted by molar-refractivity contribution is 5.94. The molecule has 2 aromatic carbocycles. The van der Waals surface area contributed by atoms with E-state index in [-0.39, 0.29) is 23.6 Å². The number of piperidine rings is 1. The molecular weight excluding hydrogens is 524 g/mol. The molecular formula is C31H40N4O6. The number of H-pyrrole nitrogens is 1. The zero-order valence-electron chi connectivity index (χ0n) is 24.4. The van der Waals surface area contributed by atoms with Crippen LogP contribution in [0.15, 0.2) is 48.5 Å². The summed E-state index contributed by atoms with van der Waals surface area (Å²) in [6, 6.07) is 14.8. The number of carbonyl (C=O) groups is 2. The molecule has 1 amide bonds. The van der Waals surface area contributed by atoms with Gasteiger partial charge in [-0.3, -0.25) is 0 Å². The van der Waals surface area contributed by atoms with Gasteiger partial charge in [-0.2, -0.15) is 0 Å². The number of hydrogen-bond acceptors (Lipinski definition) is 8. The van der Waals surface area contributed by atoms with Crippen LogP contribution in [0.4, 0.5) is 4.79 Å². The summed E-state index contributed by atoms with van der Waals surface area (Å²) in [5.74, 6) is 2.06. The van der Waals surface area contributed by atoms with E-state index in [2.05, 4.69) is 4.98 Å². The molecule has 0 radical (unpaired) electrons. The maximum atomic E-state index is 12.8. The molecule has 0 spiro atoms. The summed E-state index contributed by atoms with van der Waals surface area (Å²) >= 11 is 0. The molecule has 10 heteroatoms. The Morgan fingerprint density at radius 1 is 1.07 bits per heavy atom. The van der Waals surface area contributed by atoms with Gasteiger partial charge in [-0.05, 0) is 82.8 Å². The van der Waals surface area contributed by atoms with Crippen molar-refractivity contribution in [3.05, 3.63) is 60.0 Å². The molecule has 10 nitrogen and oxygen atoms in total. The Morgan fingerprint density at radius 3 is 2.39 bits per heavy atom. The lowest BCUT2D eigenvalue weighted by Gasteiger charge is -2.36. The summed E-state index contributed by atoms with van der Waals surface area (Å²) < 4.78 is 22.3. The van der Waals surface area contributed by atoms with Crippen LogP contribution in [0, 0.1) is 5.92 Å². The fourth-order valence-corrected chi connectivity index (χ4v) is 5.13. The molecule has 2 heterocycles. The third kappa shape index (κ3) is 7.38. The van der Waals surface area contributed by atoms with Crippen LogP contribution in [0.2, 0.25) is 0 Å². The summed E-state index contributed by atoms with van der Waals surface area (Å²) in [4.78, 5) is 35.3. The Bertz CT molecular complexity index is 1330. The van der Waals surface area contributed by atoms with Crippen molar-refractivity contribution < 1.29 is 28.5 Å². The normalized spacial score (nSPS) is 14.8. The van der Waals surface area contributed by atoms with E-state index in [4.69, 9.17) is 29.7 Å². The number of aromatic nitrogens is 2. The molecule has 1 unspecified atom stereocenters. The first kappa shape index (κ1) is 29.9. The summed E-state index contributed by atoms with van der Waals surface area (Å²) in [5.41, 5.74) is 6.89. The number of methoxy groups -OCH3 is 2. The van der Waals surface area contributed by atoms with Crippen LogP contribution in [0.1, 0.15) is 62.3 Å². The molecule has 41 heavy (non-hydrogen) atoms. The number of carbonyl (C=O) groups excluding carboxylic acids is 2. The van der Waals surface area contributed by atoms with Gasteiger partial charge in [0.15, 0.2) is 17.2 Å². The van der Waals surface area contributed by atoms with E-state index in [1.54, 1.807) is 24.1 Å². The third-order valence-corrected chi connectivity index (χ3v) is 7.11. The largest absolute Gasteiger partial charge is 0.493 e. The number of benzene rings is 2. The molecule has 3 N–H and O–H groups in total. The molecule has 1 fully saturated rings. The van der Waals surface area contributed by atoms with Crippen LogP contribution < -0.4 is 15.2 Å². The van der Waals surface area contributed by atoms with Gasteiger partial charge < -0.3 is 34.6 Å². The minimum Gasteiger partial charge on any atom is -0.493 e. The lowest BCUT2D eigenvalue weighted by atomic mass is 9.82. The number of aromatic amines is 1. The number of para-hydroxylation sites is 1. The van der Waals surface area contributed by atoms with E-state index in [0.717, 1.165) is 12.8 Å². The Morgan fingerprint density at radius 2 is 1.78 bits per heavy atom. The number of likely N-dealkylation sites (tertiary alicyclic amines) is 1. The van der Waals surface area contributed by atoms with Crippen molar-refractivity contribution in [3.8, 4) is 28.5 Å². The second-order valence-corrected chi connectivity index (χ2v) is 11.1. The topological polar surface area (TPSA) is 129 Å². The average molecular weight is 565 g/mol. The highest BCUT2D eigenvalue weighted by atomic mass is 16.6. The van der Waals surface area contributed by atoms with E-state index in [0.29, 0.717) is 60.4 Å². The molecule has 1 saturated heterocycles. The first-order valence-electron chi connectivity index (χ1n) is 13.9. The van der Waals surface area contributed by atoms with Crippen LogP contribution in [-0.2, 0) is 9.47 Å². The van der Waals surface area contributed by atoms with Gasteiger partial charge in [-0.15, -0.1) is 0 Å². The lowest BCUT2D eigenvalue weighted by Crippen LogP contribution is -2.42. The van der Waals surface area contributed by atoms with E-state index < -0.39 is 11.6 Å². The highest BCUT2D eigenvalue weighted by Gasteiger charge is 2.34. The van der Waals surface area contributed by atoms with E-state index >= 15 is 0 Å². The van der Waals surface area contributed by atoms with Crippen LogP contribution in [0.3, 0.4) is 0 Å². The minimum absolute atomic E-state index is 0.0273. The van der Waals surface area contributed by atoms with E-state index in [9.17, 15) is 9.59 Å². The van der Waals surface area contributed by atoms with Gasteiger partial charge in [0, 0.05) is 24.6 Å². The SMILES string of the molecule is COC(=O)c1[nH]c(C(CCN)C2CCN(C(=O)OC(C)(C)C)CC2)nc1-c1ccc(Oc2ccccc2)c(OC)c1. The third-order valence-electron chi connectivity index (χ3n) is 7.11. The van der Waals surface area contributed by atoms with Crippen LogP contribution >= 0.6 is 0 Å². The summed E-state index contributed by atoms with van der Waals surface area (Å²) in [7, 11) is 2.91. The van der Waals surface area contributed by atoms with Crippen molar-refractivity contribution in [2.45, 2.75) is 51.6 Å². The average Bonchev–Trinajstić information content (AvgIpc) is 3.40. The zero-order chi connectivity index (χ0) is 29.6. The number of amides is 1. The second-order valence-electron chi connectivity index (χ2n) is 11.1. The number of esters is 1. The molecule has 1 aliphatic rings. The predicted molar refractivity (Wildman–Crippen MR) is 155 cm³/mol. The van der Waals surface area contributed by atoms with Gasteiger partial charge in [0.05, 0.1) is 14.2 Å². The Balaban J connectivity index is 1.60. The number of nitrogens with one attached hydrogen (secondary N) is 1. The van der Waals surface area contributed by atoms with Crippen LogP contribution in [-0.4, -0.2) is 66.4 Å². The van der Waals surface area contributed by atoms with Crippen molar-refractivity contribution in [2.24, 2.45) is 11.7 Å². The zero-order valence-corrected chi connectivity index (χ0v) is 24.4. The lowest BCUT2D eigenvalue weighted by molar-refractivity contribution is 0.0171. The fraction of sp³-hybridized carbons (Fsp3) is 0.452. The Labute approximate surface area is 241 Å². The van der Waals surface area contributed by atoms with Gasteiger partial charge in [-0.25, -0.2) is 14.6 Å². The fourth-order valence-electron chi connectivity index (χ4n) is 5.13. The molecule has 0 aliphatic carbocycles. The molecule has 220 valence electrons. The molecule has 1 aliphatic heterocycles. The highest BCUT2D eigenvalue weighted by Crippen LogP contribution is 2.39. The van der Waals surface area contributed by atoms with Crippen LogP contribution in [0.25, 0.3) is 11.3 Å². The van der Waals surface area contributed by atoms with Gasteiger partial charge in [0.1, 0.15) is 22.9 Å². The van der Waals surface area contributed by atoms with Gasteiger partial charge in [0.25, 0.3) is 0 Å².